The van der Waals surface area contributed by atoms with Crippen molar-refractivity contribution in [2.45, 2.75) is 6.42 Å². The Hall–Kier alpha value is -3.39. The second kappa shape index (κ2) is 6.39. The first-order valence-electron chi connectivity index (χ1n) is 7.45. The molecule has 0 fully saturated rings. The van der Waals surface area contributed by atoms with Crippen LogP contribution in [-0.2, 0) is 11.2 Å². The van der Waals surface area contributed by atoms with Crippen LogP contribution in [0.1, 0.15) is 21.5 Å². The molecule has 118 valence electrons. The summed E-state index contributed by atoms with van der Waals surface area (Å²) in [6.45, 7) is 0.551. The van der Waals surface area contributed by atoms with E-state index in [2.05, 4.69) is 0 Å². The fourth-order valence-corrected chi connectivity index (χ4v) is 2.73. The number of benzene rings is 2. The molecule has 0 saturated carbocycles. The Labute approximate surface area is 139 Å². The van der Waals surface area contributed by atoms with E-state index in [1.165, 1.54) is 18.2 Å². The summed E-state index contributed by atoms with van der Waals surface area (Å²) in [4.78, 5) is 25.1. The minimum Gasteiger partial charge on any atom is -0.478 e. The third-order valence-corrected chi connectivity index (χ3v) is 3.95. The maximum atomic E-state index is 12.7. The number of rotatable bonds is 3. The third kappa shape index (κ3) is 2.90. The lowest BCUT2D eigenvalue weighted by Gasteiger charge is -2.16. The molecular weight excluding hydrogens is 304 g/mol. The van der Waals surface area contributed by atoms with Crippen LogP contribution in [0, 0.1) is 11.3 Å². The van der Waals surface area contributed by atoms with E-state index >= 15 is 0 Å². The summed E-state index contributed by atoms with van der Waals surface area (Å²) in [5.41, 5.74) is 2.72. The number of nitrogens with zero attached hydrogens (tertiary/aromatic N) is 2. The quantitative estimate of drug-likeness (QED) is 0.697. The minimum atomic E-state index is -1.02. The van der Waals surface area contributed by atoms with Crippen molar-refractivity contribution in [3.05, 3.63) is 70.8 Å². The van der Waals surface area contributed by atoms with Gasteiger partial charge >= 0.3 is 5.97 Å². The fraction of sp³-hybridized carbons (Fsp3) is 0.105. The first kappa shape index (κ1) is 15.5. The highest BCUT2D eigenvalue weighted by Gasteiger charge is 2.26. The Morgan fingerprint density at radius 3 is 2.50 bits per heavy atom. The van der Waals surface area contributed by atoms with E-state index in [-0.39, 0.29) is 17.0 Å². The Bertz CT molecular complexity index is 876. The molecule has 0 bridgehead atoms. The lowest BCUT2D eigenvalue weighted by Crippen LogP contribution is -2.29. The van der Waals surface area contributed by atoms with E-state index in [0.717, 1.165) is 17.7 Å². The number of carbonyl (C=O) groups excluding carboxylic acids is 1. The first-order valence-corrected chi connectivity index (χ1v) is 7.45. The fourth-order valence-electron chi connectivity index (χ4n) is 2.73. The summed E-state index contributed by atoms with van der Waals surface area (Å²) in [6.07, 6.45) is 2.25. The summed E-state index contributed by atoms with van der Waals surface area (Å²) < 4.78 is 0. The number of para-hydroxylation sites is 1. The SMILES string of the molecule is N#CC(=Cc1ccc(C(=O)O)cc1)C(=O)N1CCc2ccccc21. The van der Waals surface area contributed by atoms with Crippen LogP contribution >= 0.6 is 0 Å². The van der Waals surface area contributed by atoms with E-state index in [1.54, 1.807) is 17.0 Å². The van der Waals surface area contributed by atoms with Crippen LogP contribution in [0.3, 0.4) is 0 Å². The third-order valence-electron chi connectivity index (χ3n) is 3.95. The van der Waals surface area contributed by atoms with E-state index in [4.69, 9.17) is 5.11 Å². The predicted octanol–water partition coefficient (Wildman–Crippen LogP) is 2.88. The summed E-state index contributed by atoms with van der Waals surface area (Å²) in [5.74, 6) is -1.36. The van der Waals surface area contributed by atoms with Gasteiger partial charge in [-0.2, -0.15) is 5.26 Å². The van der Waals surface area contributed by atoms with Gasteiger partial charge in [-0.05, 0) is 41.8 Å². The zero-order valence-corrected chi connectivity index (χ0v) is 12.8. The number of nitriles is 1. The lowest BCUT2D eigenvalue weighted by molar-refractivity contribution is -0.114. The van der Waals surface area contributed by atoms with Gasteiger partial charge in [0.15, 0.2) is 0 Å². The van der Waals surface area contributed by atoms with Crippen LogP contribution in [0.15, 0.2) is 54.1 Å². The zero-order chi connectivity index (χ0) is 17.1. The number of anilines is 1. The Morgan fingerprint density at radius 2 is 1.83 bits per heavy atom. The molecule has 0 unspecified atom stereocenters. The van der Waals surface area contributed by atoms with Gasteiger partial charge in [0.05, 0.1) is 5.56 Å². The second-order valence-electron chi connectivity index (χ2n) is 5.43. The molecule has 0 saturated heterocycles. The molecule has 1 amide bonds. The normalized spacial score (nSPS) is 13.3. The molecule has 1 aliphatic heterocycles. The molecule has 24 heavy (non-hydrogen) atoms. The van der Waals surface area contributed by atoms with Crippen LogP contribution in [-0.4, -0.2) is 23.5 Å². The Balaban J connectivity index is 1.88. The van der Waals surface area contributed by atoms with Crippen molar-refractivity contribution in [3.8, 4) is 6.07 Å². The molecule has 5 nitrogen and oxygen atoms in total. The van der Waals surface area contributed by atoms with Gasteiger partial charge in [0.2, 0.25) is 0 Å². The molecule has 1 heterocycles. The van der Waals surface area contributed by atoms with Gasteiger partial charge in [-0.3, -0.25) is 4.79 Å². The van der Waals surface area contributed by atoms with Gasteiger partial charge in [0, 0.05) is 12.2 Å². The highest BCUT2D eigenvalue weighted by atomic mass is 16.4. The minimum absolute atomic E-state index is 0.0229. The summed E-state index contributed by atoms with van der Waals surface area (Å²) >= 11 is 0. The second-order valence-corrected chi connectivity index (χ2v) is 5.43. The van der Waals surface area contributed by atoms with Gasteiger partial charge < -0.3 is 10.0 Å². The molecule has 2 aromatic carbocycles. The maximum absolute atomic E-state index is 12.7. The van der Waals surface area contributed by atoms with E-state index < -0.39 is 5.97 Å². The number of hydrogen-bond acceptors (Lipinski definition) is 3. The van der Waals surface area contributed by atoms with Gasteiger partial charge in [0.25, 0.3) is 5.91 Å². The van der Waals surface area contributed by atoms with Gasteiger partial charge in [0.1, 0.15) is 11.6 Å². The number of carboxylic acid groups (broad SMARTS) is 1. The Kier molecular flexibility index (Phi) is 4.13. The van der Waals surface area contributed by atoms with Crippen molar-refractivity contribution in [3.63, 3.8) is 0 Å². The van der Waals surface area contributed by atoms with Gasteiger partial charge in [-0.15, -0.1) is 0 Å². The highest BCUT2D eigenvalue weighted by Crippen LogP contribution is 2.28. The number of aromatic carboxylic acids is 1. The summed E-state index contributed by atoms with van der Waals surface area (Å²) in [6, 6.07) is 15.6. The topological polar surface area (TPSA) is 81.4 Å². The average molecular weight is 318 g/mol. The van der Waals surface area contributed by atoms with Crippen molar-refractivity contribution in [1.29, 1.82) is 5.26 Å². The van der Waals surface area contributed by atoms with Crippen LogP contribution in [0.4, 0.5) is 5.69 Å². The summed E-state index contributed by atoms with van der Waals surface area (Å²) in [5, 5.41) is 18.2. The van der Waals surface area contributed by atoms with Crippen LogP contribution < -0.4 is 4.90 Å². The van der Waals surface area contributed by atoms with Crippen LogP contribution in [0.5, 0.6) is 0 Å². The maximum Gasteiger partial charge on any atom is 0.335 e. The molecule has 2 aromatic rings. The van der Waals surface area contributed by atoms with Crippen LogP contribution in [0.2, 0.25) is 0 Å². The first-order chi connectivity index (χ1) is 11.6. The molecule has 0 aliphatic carbocycles. The summed E-state index contributed by atoms with van der Waals surface area (Å²) in [7, 11) is 0. The molecule has 0 atom stereocenters. The van der Waals surface area contributed by atoms with E-state index in [0.29, 0.717) is 12.1 Å². The smallest absolute Gasteiger partial charge is 0.335 e. The van der Waals surface area contributed by atoms with Crippen molar-refractivity contribution >= 4 is 23.6 Å². The van der Waals surface area contributed by atoms with Crippen molar-refractivity contribution < 1.29 is 14.7 Å². The zero-order valence-electron chi connectivity index (χ0n) is 12.8. The van der Waals surface area contributed by atoms with E-state index in [1.807, 2.05) is 30.3 Å². The number of hydrogen-bond donors (Lipinski definition) is 1. The van der Waals surface area contributed by atoms with Gasteiger partial charge in [-0.1, -0.05) is 30.3 Å². The molecule has 0 radical (unpaired) electrons. The Morgan fingerprint density at radius 1 is 1.12 bits per heavy atom. The van der Waals surface area contributed by atoms with Crippen LogP contribution in [0.25, 0.3) is 6.08 Å². The predicted molar refractivity (Wildman–Crippen MR) is 89.5 cm³/mol. The highest BCUT2D eigenvalue weighted by molar-refractivity contribution is 6.12. The number of fused-ring (bicyclic) bond motifs is 1. The number of carbonyl (C=O) groups is 2. The lowest BCUT2D eigenvalue weighted by atomic mass is 10.1. The molecular formula is C19H14N2O3. The molecule has 1 aliphatic rings. The molecule has 1 N–H and O–H groups in total. The number of amides is 1. The average Bonchev–Trinajstić information content (AvgIpc) is 3.03. The van der Waals surface area contributed by atoms with Crippen molar-refractivity contribution in [2.24, 2.45) is 0 Å². The standard InChI is InChI=1S/C19H14N2O3/c20-12-16(11-13-5-7-15(8-6-13)19(23)24)18(22)21-10-9-14-3-1-2-4-17(14)21/h1-8,11H,9-10H2,(H,23,24). The van der Waals surface area contributed by atoms with Crippen molar-refractivity contribution in [2.75, 3.05) is 11.4 Å². The monoisotopic (exact) mass is 318 g/mol. The van der Waals surface area contributed by atoms with E-state index in [9.17, 15) is 14.9 Å². The molecule has 5 heteroatoms. The molecule has 3 rings (SSSR count). The van der Waals surface area contributed by atoms with Gasteiger partial charge in [-0.25, -0.2) is 4.79 Å². The largest absolute Gasteiger partial charge is 0.478 e. The van der Waals surface area contributed by atoms with Crippen molar-refractivity contribution in [1.82, 2.24) is 0 Å². The molecule has 0 spiro atoms. The molecule has 0 aromatic heterocycles. The number of carboxylic acids is 1.